The molecule has 0 aliphatic heterocycles. The summed E-state index contributed by atoms with van der Waals surface area (Å²) in [6.07, 6.45) is 6.02. The number of carbonyl (C=O) groups excluding carboxylic acids is 1. The number of hydrogen-bond acceptors (Lipinski definition) is 3. The van der Waals surface area contributed by atoms with E-state index in [1.807, 2.05) is 6.26 Å². The van der Waals surface area contributed by atoms with Crippen LogP contribution >= 0.6 is 11.8 Å². The second-order valence-electron chi connectivity index (χ2n) is 6.45. The molecule has 0 saturated carbocycles. The topological polar surface area (TPSA) is 55.1 Å². The molecular formula is C18H28N2OS. The Morgan fingerprint density at radius 2 is 2.23 bits per heavy atom. The van der Waals surface area contributed by atoms with E-state index in [0.717, 1.165) is 31.4 Å². The average molecular weight is 321 g/mol. The minimum atomic E-state index is -0.397. The van der Waals surface area contributed by atoms with Gasteiger partial charge in [0.05, 0.1) is 12.1 Å². The molecule has 1 aromatic rings. The molecule has 2 atom stereocenters. The molecule has 4 heteroatoms. The predicted molar refractivity (Wildman–Crippen MR) is 95.3 cm³/mol. The number of rotatable bonds is 6. The van der Waals surface area contributed by atoms with E-state index in [9.17, 15) is 4.79 Å². The average Bonchev–Trinajstić information content (AvgIpc) is 2.52. The van der Waals surface area contributed by atoms with Crippen LogP contribution in [0.1, 0.15) is 61.8 Å². The molecule has 3 N–H and O–H groups in total. The Kier molecular flexibility index (Phi) is 6.33. The molecular weight excluding hydrogens is 292 g/mol. The van der Waals surface area contributed by atoms with Gasteiger partial charge in [-0.3, -0.25) is 4.79 Å². The molecule has 0 spiro atoms. The van der Waals surface area contributed by atoms with E-state index < -0.39 is 6.04 Å². The van der Waals surface area contributed by atoms with Crippen LogP contribution < -0.4 is 11.1 Å². The second-order valence-corrected chi connectivity index (χ2v) is 7.44. The first kappa shape index (κ1) is 17.4. The third kappa shape index (κ3) is 4.26. The number of hydrogen-bond donors (Lipinski definition) is 2. The molecule has 0 bridgehead atoms. The highest BCUT2D eigenvalue weighted by Gasteiger charge is 2.24. The van der Waals surface area contributed by atoms with Crippen molar-refractivity contribution in [3.05, 3.63) is 34.9 Å². The summed E-state index contributed by atoms with van der Waals surface area (Å²) in [5, 5.41) is 3.18. The highest BCUT2D eigenvalue weighted by atomic mass is 32.2. The number of nitrogens with one attached hydrogen (secondary N) is 1. The number of thioether (sulfide) groups is 1. The van der Waals surface area contributed by atoms with Gasteiger partial charge in [-0.25, -0.2) is 0 Å². The minimum Gasteiger partial charge on any atom is -0.348 e. The van der Waals surface area contributed by atoms with E-state index in [-0.39, 0.29) is 11.9 Å². The van der Waals surface area contributed by atoms with Gasteiger partial charge in [0.2, 0.25) is 5.91 Å². The molecule has 0 radical (unpaired) electrons. The molecule has 122 valence electrons. The van der Waals surface area contributed by atoms with Gasteiger partial charge in [-0.2, -0.15) is 11.8 Å². The van der Waals surface area contributed by atoms with E-state index in [4.69, 9.17) is 5.73 Å². The zero-order chi connectivity index (χ0) is 16.1. The van der Waals surface area contributed by atoms with Gasteiger partial charge >= 0.3 is 0 Å². The molecule has 1 aliphatic rings. The lowest BCUT2D eigenvalue weighted by molar-refractivity contribution is -0.123. The van der Waals surface area contributed by atoms with Crippen molar-refractivity contribution in [1.82, 2.24) is 5.32 Å². The van der Waals surface area contributed by atoms with Crippen molar-refractivity contribution in [2.24, 2.45) is 5.73 Å². The number of fused-ring (bicyclic) bond motifs is 1. The van der Waals surface area contributed by atoms with Gasteiger partial charge in [-0.15, -0.1) is 0 Å². The molecule has 0 heterocycles. The molecule has 1 unspecified atom stereocenters. The van der Waals surface area contributed by atoms with E-state index in [1.165, 1.54) is 16.7 Å². The summed E-state index contributed by atoms with van der Waals surface area (Å²) in [6.45, 7) is 4.41. The van der Waals surface area contributed by atoms with E-state index in [0.29, 0.717) is 5.92 Å². The summed E-state index contributed by atoms with van der Waals surface area (Å²) in [4.78, 5) is 12.3. The maximum absolute atomic E-state index is 12.3. The fourth-order valence-corrected chi connectivity index (χ4v) is 3.47. The van der Waals surface area contributed by atoms with Crippen molar-refractivity contribution in [2.45, 2.75) is 57.5 Å². The molecule has 1 aromatic carbocycles. The van der Waals surface area contributed by atoms with Crippen LogP contribution in [0.3, 0.4) is 0 Å². The van der Waals surface area contributed by atoms with Crippen LogP contribution in [0.25, 0.3) is 0 Å². The van der Waals surface area contributed by atoms with Crippen LogP contribution in [0.15, 0.2) is 18.2 Å². The summed E-state index contributed by atoms with van der Waals surface area (Å²) in [6, 6.07) is 6.45. The summed E-state index contributed by atoms with van der Waals surface area (Å²) < 4.78 is 0. The first-order valence-electron chi connectivity index (χ1n) is 8.20. The smallest absolute Gasteiger partial charge is 0.237 e. The Balaban J connectivity index is 2.11. The third-order valence-electron chi connectivity index (χ3n) is 4.44. The molecule has 22 heavy (non-hydrogen) atoms. The Bertz CT molecular complexity index is 516. The molecule has 0 saturated heterocycles. The number of nitrogens with two attached hydrogens (primary N) is 1. The van der Waals surface area contributed by atoms with Crippen molar-refractivity contribution < 1.29 is 4.79 Å². The Labute approximate surface area is 138 Å². The van der Waals surface area contributed by atoms with Gasteiger partial charge in [0.25, 0.3) is 0 Å². The van der Waals surface area contributed by atoms with Crippen molar-refractivity contribution in [1.29, 1.82) is 0 Å². The molecule has 0 aromatic heterocycles. The van der Waals surface area contributed by atoms with Crippen LogP contribution in [0.2, 0.25) is 0 Å². The largest absolute Gasteiger partial charge is 0.348 e. The Hall–Kier alpha value is -1.00. The maximum atomic E-state index is 12.3. The molecule has 2 rings (SSSR count). The van der Waals surface area contributed by atoms with E-state index in [1.54, 1.807) is 11.8 Å². The first-order valence-corrected chi connectivity index (χ1v) is 9.60. The zero-order valence-electron chi connectivity index (χ0n) is 13.9. The van der Waals surface area contributed by atoms with Crippen LogP contribution in [0, 0.1) is 0 Å². The normalized spacial score (nSPS) is 18.9. The Morgan fingerprint density at radius 3 is 2.91 bits per heavy atom. The fourth-order valence-electron chi connectivity index (χ4n) is 2.98. The quantitative estimate of drug-likeness (QED) is 0.845. The van der Waals surface area contributed by atoms with Crippen LogP contribution in [0.4, 0.5) is 0 Å². The number of carbonyl (C=O) groups is 1. The second kappa shape index (κ2) is 8.02. The van der Waals surface area contributed by atoms with Crippen molar-refractivity contribution >= 4 is 17.7 Å². The van der Waals surface area contributed by atoms with Gasteiger partial charge < -0.3 is 11.1 Å². The SMILES string of the molecule is CSCCC(N)C(=O)N[C@@H]1CCCc2ccc(C(C)C)cc21. The lowest BCUT2D eigenvalue weighted by Gasteiger charge is -2.28. The first-order chi connectivity index (χ1) is 10.5. The molecule has 1 aliphatic carbocycles. The van der Waals surface area contributed by atoms with Crippen molar-refractivity contribution in [3.63, 3.8) is 0 Å². The highest BCUT2D eigenvalue weighted by Crippen LogP contribution is 2.32. The number of aryl methyl sites for hydroxylation is 1. The van der Waals surface area contributed by atoms with E-state index in [2.05, 4.69) is 37.4 Å². The third-order valence-corrected chi connectivity index (χ3v) is 5.08. The summed E-state index contributed by atoms with van der Waals surface area (Å²) in [5.74, 6) is 1.42. The summed E-state index contributed by atoms with van der Waals surface area (Å²) in [5.41, 5.74) is 10.0. The van der Waals surface area contributed by atoms with Crippen LogP contribution in [-0.2, 0) is 11.2 Å². The number of amides is 1. The lowest BCUT2D eigenvalue weighted by Crippen LogP contribution is -2.43. The number of benzene rings is 1. The zero-order valence-corrected chi connectivity index (χ0v) is 14.7. The van der Waals surface area contributed by atoms with Crippen LogP contribution in [0.5, 0.6) is 0 Å². The minimum absolute atomic E-state index is 0.0122. The van der Waals surface area contributed by atoms with E-state index >= 15 is 0 Å². The van der Waals surface area contributed by atoms with Crippen molar-refractivity contribution in [2.75, 3.05) is 12.0 Å². The lowest BCUT2D eigenvalue weighted by atomic mass is 9.85. The molecule has 1 amide bonds. The Morgan fingerprint density at radius 1 is 1.45 bits per heavy atom. The monoisotopic (exact) mass is 320 g/mol. The van der Waals surface area contributed by atoms with Gasteiger partial charge in [-0.05, 0) is 60.3 Å². The van der Waals surface area contributed by atoms with Gasteiger partial charge in [-0.1, -0.05) is 32.0 Å². The van der Waals surface area contributed by atoms with Gasteiger partial charge in [0.15, 0.2) is 0 Å². The van der Waals surface area contributed by atoms with Gasteiger partial charge in [0.1, 0.15) is 0 Å². The fraction of sp³-hybridized carbons (Fsp3) is 0.611. The van der Waals surface area contributed by atoms with Crippen LogP contribution in [-0.4, -0.2) is 24.0 Å². The molecule has 0 fully saturated rings. The standard InChI is InChI=1S/C18H28N2OS/c1-12(2)14-8-7-13-5-4-6-17(15(13)11-14)20-18(21)16(19)9-10-22-3/h7-8,11-12,16-17H,4-6,9-10,19H2,1-3H3,(H,20,21)/t16?,17-/m1/s1. The maximum Gasteiger partial charge on any atom is 0.237 e. The predicted octanol–water partition coefficient (Wildman–Crippen LogP) is 3.38. The van der Waals surface area contributed by atoms with Crippen molar-refractivity contribution in [3.8, 4) is 0 Å². The summed E-state index contributed by atoms with van der Waals surface area (Å²) >= 11 is 1.73. The molecule has 3 nitrogen and oxygen atoms in total. The highest BCUT2D eigenvalue weighted by molar-refractivity contribution is 7.98. The summed E-state index contributed by atoms with van der Waals surface area (Å²) in [7, 11) is 0. The van der Waals surface area contributed by atoms with Gasteiger partial charge in [0, 0.05) is 0 Å².